The molecule has 1 aromatic heterocycles. The van der Waals surface area contributed by atoms with E-state index in [2.05, 4.69) is 15.3 Å². The summed E-state index contributed by atoms with van der Waals surface area (Å²) in [5.41, 5.74) is 6.23. The standard InChI is InChI=1S/C12H13FN4O/c1-7-15-11(14)6-12(16-7)17-9-4-3-8(13)5-10(9)18-2/h3-6H,1-2H3,(H3,14,15,16,17). The molecule has 18 heavy (non-hydrogen) atoms. The summed E-state index contributed by atoms with van der Waals surface area (Å²) >= 11 is 0. The Morgan fingerprint density at radius 1 is 1.28 bits per heavy atom. The molecule has 0 saturated heterocycles. The Kier molecular flexibility index (Phi) is 3.27. The quantitative estimate of drug-likeness (QED) is 0.871. The Bertz CT molecular complexity index is 554. The number of hydrogen-bond donors (Lipinski definition) is 2. The number of methoxy groups -OCH3 is 1. The highest BCUT2D eigenvalue weighted by atomic mass is 19.1. The molecule has 0 saturated carbocycles. The zero-order chi connectivity index (χ0) is 13.1. The third kappa shape index (κ3) is 2.65. The Morgan fingerprint density at radius 3 is 2.72 bits per heavy atom. The molecular weight excluding hydrogens is 235 g/mol. The van der Waals surface area contributed by atoms with Gasteiger partial charge in [0.05, 0.1) is 12.8 Å². The van der Waals surface area contributed by atoms with Gasteiger partial charge in [0.1, 0.15) is 29.0 Å². The number of aryl methyl sites for hydroxylation is 1. The van der Waals surface area contributed by atoms with Crippen molar-refractivity contribution in [3.05, 3.63) is 35.9 Å². The van der Waals surface area contributed by atoms with E-state index in [0.29, 0.717) is 28.9 Å². The molecule has 1 heterocycles. The molecule has 0 radical (unpaired) electrons. The van der Waals surface area contributed by atoms with Crippen molar-refractivity contribution in [3.63, 3.8) is 0 Å². The van der Waals surface area contributed by atoms with Crippen LogP contribution in [0.1, 0.15) is 5.82 Å². The molecule has 1 aromatic carbocycles. The SMILES string of the molecule is COc1cc(F)ccc1Nc1cc(N)nc(C)n1. The molecule has 0 atom stereocenters. The summed E-state index contributed by atoms with van der Waals surface area (Å²) in [6, 6.07) is 5.79. The summed E-state index contributed by atoms with van der Waals surface area (Å²) in [6.07, 6.45) is 0. The highest BCUT2D eigenvalue weighted by molar-refractivity contribution is 5.65. The maximum atomic E-state index is 13.0. The van der Waals surface area contributed by atoms with E-state index in [1.807, 2.05) is 0 Å². The summed E-state index contributed by atoms with van der Waals surface area (Å²) in [4.78, 5) is 8.14. The minimum atomic E-state index is -0.365. The molecule has 2 rings (SSSR count). The fourth-order valence-electron chi connectivity index (χ4n) is 1.56. The van der Waals surface area contributed by atoms with Crippen LogP contribution in [0, 0.1) is 12.7 Å². The predicted molar refractivity (Wildman–Crippen MR) is 67.4 cm³/mol. The molecule has 0 aliphatic heterocycles. The van der Waals surface area contributed by atoms with E-state index in [9.17, 15) is 4.39 Å². The molecule has 0 amide bonds. The Morgan fingerprint density at radius 2 is 2.06 bits per heavy atom. The number of rotatable bonds is 3. The molecule has 0 spiro atoms. The smallest absolute Gasteiger partial charge is 0.145 e. The number of benzene rings is 1. The number of ether oxygens (including phenoxy) is 1. The first-order valence-corrected chi connectivity index (χ1v) is 5.30. The van der Waals surface area contributed by atoms with Crippen molar-refractivity contribution in [2.45, 2.75) is 6.92 Å². The van der Waals surface area contributed by atoms with Crippen LogP contribution in [0.2, 0.25) is 0 Å². The van der Waals surface area contributed by atoms with Crippen LogP contribution >= 0.6 is 0 Å². The topological polar surface area (TPSA) is 73.1 Å². The van der Waals surface area contributed by atoms with Crippen LogP contribution in [0.3, 0.4) is 0 Å². The Balaban J connectivity index is 2.33. The Labute approximate surface area is 104 Å². The monoisotopic (exact) mass is 248 g/mol. The first-order valence-electron chi connectivity index (χ1n) is 5.30. The van der Waals surface area contributed by atoms with Gasteiger partial charge >= 0.3 is 0 Å². The molecule has 0 unspecified atom stereocenters. The molecular formula is C12H13FN4O. The number of hydrogen-bond acceptors (Lipinski definition) is 5. The predicted octanol–water partition coefficient (Wildman–Crippen LogP) is 2.26. The van der Waals surface area contributed by atoms with E-state index in [0.717, 1.165) is 0 Å². The van der Waals surface area contributed by atoms with Gasteiger partial charge in [0.2, 0.25) is 0 Å². The van der Waals surface area contributed by atoms with Crippen molar-refractivity contribution < 1.29 is 9.13 Å². The molecule has 2 aromatic rings. The van der Waals surface area contributed by atoms with Gasteiger partial charge in [-0.05, 0) is 19.1 Å². The van der Waals surface area contributed by atoms with E-state index in [-0.39, 0.29) is 5.82 Å². The second kappa shape index (κ2) is 4.87. The van der Waals surface area contributed by atoms with E-state index >= 15 is 0 Å². The van der Waals surface area contributed by atoms with Crippen LogP contribution in [0.25, 0.3) is 0 Å². The van der Waals surface area contributed by atoms with Crippen molar-refractivity contribution in [2.75, 3.05) is 18.2 Å². The van der Waals surface area contributed by atoms with Crippen molar-refractivity contribution >= 4 is 17.3 Å². The summed E-state index contributed by atoms with van der Waals surface area (Å²) in [6.45, 7) is 1.74. The van der Waals surface area contributed by atoms with Gasteiger partial charge in [0.15, 0.2) is 0 Å². The maximum absolute atomic E-state index is 13.0. The van der Waals surface area contributed by atoms with Gasteiger partial charge in [-0.25, -0.2) is 14.4 Å². The lowest BCUT2D eigenvalue weighted by atomic mass is 10.3. The van der Waals surface area contributed by atoms with Gasteiger partial charge in [0, 0.05) is 12.1 Å². The van der Waals surface area contributed by atoms with Crippen LogP contribution in [0.15, 0.2) is 24.3 Å². The second-order valence-electron chi connectivity index (χ2n) is 3.69. The molecule has 0 fully saturated rings. The molecule has 0 bridgehead atoms. The van der Waals surface area contributed by atoms with Crippen molar-refractivity contribution in [3.8, 4) is 5.75 Å². The van der Waals surface area contributed by atoms with Gasteiger partial charge < -0.3 is 15.8 Å². The van der Waals surface area contributed by atoms with Gasteiger partial charge in [-0.2, -0.15) is 0 Å². The normalized spacial score (nSPS) is 10.2. The first-order chi connectivity index (χ1) is 8.58. The number of aromatic nitrogens is 2. The summed E-state index contributed by atoms with van der Waals surface area (Å²) in [7, 11) is 1.47. The molecule has 6 heteroatoms. The summed E-state index contributed by atoms with van der Waals surface area (Å²) < 4.78 is 18.1. The highest BCUT2D eigenvalue weighted by Gasteiger charge is 2.06. The van der Waals surface area contributed by atoms with Gasteiger partial charge in [-0.1, -0.05) is 0 Å². The fraction of sp³-hybridized carbons (Fsp3) is 0.167. The first kappa shape index (κ1) is 12.1. The number of anilines is 3. The molecule has 94 valence electrons. The maximum Gasteiger partial charge on any atom is 0.145 e. The van der Waals surface area contributed by atoms with E-state index in [1.54, 1.807) is 19.1 Å². The average Bonchev–Trinajstić information content (AvgIpc) is 2.30. The molecule has 3 N–H and O–H groups in total. The van der Waals surface area contributed by atoms with Crippen LogP contribution in [0.4, 0.5) is 21.7 Å². The van der Waals surface area contributed by atoms with Gasteiger partial charge in [0.25, 0.3) is 0 Å². The third-order valence-electron chi connectivity index (χ3n) is 2.28. The fourth-order valence-corrected chi connectivity index (χ4v) is 1.56. The lowest BCUT2D eigenvalue weighted by Crippen LogP contribution is -2.02. The number of nitrogens with two attached hydrogens (primary N) is 1. The van der Waals surface area contributed by atoms with Crippen LogP contribution in [-0.4, -0.2) is 17.1 Å². The lowest BCUT2D eigenvalue weighted by molar-refractivity contribution is 0.413. The zero-order valence-corrected chi connectivity index (χ0v) is 10.1. The van der Waals surface area contributed by atoms with E-state index in [1.165, 1.54) is 19.2 Å². The Hall–Kier alpha value is -2.37. The number of nitrogen functional groups attached to an aromatic ring is 1. The zero-order valence-electron chi connectivity index (χ0n) is 10.1. The second-order valence-corrected chi connectivity index (χ2v) is 3.69. The highest BCUT2D eigenvalue weighted by Crippen LogP contribution is 2.27. The average molecular weight is 248 g/mol. The largest absolute Gasteiger partial charge is 0.494 e. The van der Waals surface area contributed by atoms with Crippen LogP contribution in [0.5, 0.6) is 5.75 Å². The van der Waals surface area contributed by atoms with Crippen molar-refractivity contribution in [2.24, 2.45) is 0 Å². The van der Waals surface area contributed by atoms with Gasteiger partial charge in [-0.15, -0.1) is 0 Å². The van der Waals surface area contributed by atoms with E-state index < -0.39 is 0 Å². The van der Waals surface area contributed by atoms with E-state index in [4.69, 9.17) is 10.5 Å². The summed E-state index contributed by atoms with van der Waals surface area (Å²) in [5.74, 6) is 1.48. The number of nitrogens with zero attached hydrogens (tertiary/aromatic N) is 2. The van der Waals surface area contributed by atoms with Crippen molar-refractivity contribution in [1.29, 1.82) is 0 Å². The summed E-state index contributed by atoms with van der Waals surface area (Å²) in [5, 5.41) is 3.01. The number of halogens is 1. The molecule has 0 aliphatic carbocycles. The molecule has 5 nitrogen and oxygen atoms in total. The minimum absolute atomic E-state index is 0.365. The van der Waals surface area contributed by atoms with Gasteiger partial charge in [-0.3, -0.25) is 0 Å². The van der Waals surface area contributed by atoms with Crippen LogP contribution < -0.4 is 15.8 Å². The molecule has 0 aliphatic rings. The minimum Gasteiger partial charge on any atom is -0.494 e. The third-order valence-corrected chi connectivity index (χ3v) is 2.28. The van der Waals surface area contributed by atoms with Crippen LogP contribution in [-0.2, 0) is 0 Å². The van der Waals surface area contributed by atoms with Crippen molar-refractivity contribution in [1.82, 2.24) is 9.97 Å². The lowest BCUT2D eigenvalue weighted by Gasteiger charge is -2.11. The number of nitrogens with one attached hydrogen (secondary N) is 1.